The summed E-state index contributed by atoms with van der Waals surface area (Å²) in [6.45, 7) is 0.530. The van der Waals surface area contributed by atoms with Gasteiger partial charge in [-0.25, -0.2) is 4.79 Å². The maximum absolute atomic E-state index is 11.1. The van der Waals surface area contributed by atoms with Crippen molar-refractivity contribution < 1.29 is 9.53 Å². The van der Waals surface area contributed by atoms with E-state index in [1.807, 2.05) is 6.08 Å². The summed E-state index contributed by atoms with van der Waals surface area (Å²) in [5.41, 5.74) is 0. The van der Waals surface area contributed by atoms with Crippen LogP contribution in [0.2, 0.25) is 0 Å². The lowest BCUT2D eigenvalue weighted by molar-refractivity contribution is 0.155. The van der Waals surface area contributed by atoms with Crippen molar-refractivity contribution in [3.63, 3.8) is 0 Å². The number of halogens is 1. The molecule has 2 aliphatic heterocycles. The zero-order valence-corrected chi connectivity index (χ0v) is 8.02. The van der Waals surface area contributed by atoms with Gasteiger partial charge in [-0.15, -0.1) is 0 Å². The largest absolute Gasteiger partial charge is 0.447 e. The fourth-order valence-electron chi connectivity index (χ4n) is 1.45. The normalized spacial score (nSPS) is 34.3. The standard InChI is InChI=1S/C7H8INO2/c8-3-5-1-2-6-4-11-7(10)9(5)6/h1-2,5-6H,3-4H2/t5-,6-/m1/s1. The van der Waals surface area contributed by atoms with Crippen molar-refractivity contribution in [1.82, 2.24) is 4.90 Å². The molecule has 2 atom stereocenters. The Morgan fingerprint density at radius 2 is 2.55 bits per heavy atom. The monoisotopic (exact) mass is 265 g/mol. The predicted molar refractivity (Wildman–Crippen MR) is 48.8 cm³/mol. The molecule has 1 amide bonds. The highest BCUT2D eigenvalue weighted by atomic mass is 127. The van der Waals surface area contributed by atoms with E-state index in [1.54, 1.807) is 4.90 Å². The van der Waals surface area contributed by atoms with Crippen molar-refractivity contribution in [3.8, 4) is 0 Å². The van der Waals surface area contributed by atoms with Gasteiger partial charge in [0, 0.05) is 4.43 Å². The second-order valence-electron chi connectivity index (χ2n) is 2.66. The van der Waals surface area contributed by atoms with Gasteiger partial charge in [0.05, 0.1) is 12.1 Å². The van der Waals surface area contributed by atoms with Gasteiger partial charge in [0.1, 0.15) is 6.61 Å². The number of amides is 1. The quantitative estimate of drug-likeness (QED) is 0.405. The van der Waals surface area contributed by atoms with E-state index in [4.69, 9.17) is 4.74 Å². The van der Waals surface area contributed by atoms with Gasteiger partial charge in [0.25, 0.3) is 0 Å². The Morgan fingerprint density at radius 1 is 1.73 bits per heavy atom. The summed E-state index contributed by atoms with van der Waals surface area (Å²) < 4.78 is 5.83. The smallest absolute Gasteiger partial charge is 0.410 e. The fourth-order valence-corrected chi connectivity index (χ4v) is 2.17. The molecule has 0 N–H and O–H groups in total. The van der Waals surface area contributed by atoms with Crippen molar-refractivity contribution in [3.05, 3.63) is 12.2 Å². The van der Waals surface area contributed by atoms with Crippen molar-refractivity contribution in [2.24, 2.45) is 0 Å². The van der Waals surface area contributed by atoms with Crippen LogP contribution in [0.1, 0.15) is 0 Å². The number of hydrogen-bond donors (Lipinski definition) is 0. The van der Waals surface area contributed by atoms with Crippen LogP contribution >= 0.6 is 22.6 Å². The van der Waals surface area contributed by atoms with E-state index in [1.165, 1.54) is 0 Å². The molecule has 0 saturated carbocycles. The number of alkyl halides is 1. The number of carbonyl (C=O) groups excluding carboxylic acids is 1. The number of fused-ring (bicyclic) bond motifs is 1. The Bertz CT molecular complexity index is 216. The molecular weight excluding hydrogens is 257 g/mol. The zero-order valence-electron chi connectivity index (χ0n) is 5.87. The van der Waals surface area contributed by atoms with Crippen LogP contribution in [0.4, 0.5) is 4.79 Å². The van der Waals surface area contributed by atoms with Crippen molar-refractivity contribution >= 4 is 28.7 Å². The van der Waals surface area contributed by atoms with Crippen LogP contribution in [0.3, 0.4) is 0 Å². The molecule has 0 bridgehead atoms. The first-order valence-electron chi connectivity index (χ1n) is 3.52. The molecule has 2 aliphatic rings. The third-order valence-electron chi connectivity index (χ3n) is 2.02. The highest BCUT2D eigenvalue weighted by Gasteiger charge is 2.38. The van der Waals surface area contributed by atoms with Gasteiger partial charge in [-0.05, 0) is 0 Å². The zero-order chi connectivity index (χ0) is 7.84. The van der Waals surface area contributed by atoms with Gasteiger partial charge in [-0.1, -0.05) is 34.7 Å². The third-order valence-corrected chi connectivity index (χ3v) is 2.92. The SMILES string of the molecule is O=C1OC[C@H]2C=C[C@H](CI)N12. The van der Waals surface area contributed by atoms with Crippen LogP contribution in [0, 0.1) is 0 Å². The third kappa shape index (κ3) is 1.04. The lowest BCUT2D eigenvalue weighted by Gasteiger charge is -2.18. The summed E-state index contributed by atoms with van der Waals surface area (Å²) >= 11 is 2.28. The van der Waals surface area contributed by atoms with E-state index in [2.05, 4.69) is 28.7 Å². The summed E-state index contributed by atoms with van der Waals surface area (Å²) in [7, 11) is 0. The minimum absolute atomic E-state index is 0.165. The Morgan fingerprint density at radius 3 is 3.27 bits per heavy atom. The van der Waals surface area contributed by atoms with Gasteiger partial charge in [-0.2, -0.15) is 0 Å². The van der Waals surface area contributed by atoms with E-state index in [0.717, 1.165) is 4.43 Å². The first-order chi connectivity index (χ1) is 5.33. The second kappa shape index (κ2) is 2.66. The Balaban J connectivity index is 2.19. The summed E-state index contributed by atoms with van der Waals surface area (Å²) in [6.07, 6.45) is 3.97. The molecule has 3 nitrogen and oxygen atoms in total. The first kappa shape index (κ1) is 7.39. The lowest BCUT2D eigenvalue weighted by Crippen LogP contribution is -2.36. The molecule has 0 aromatic heterocycles. The number of hydrogen-bond acceptors (Lipinski definition) is 2. The maximum atomic E-state index is 11.1. The number of cyclic esters (lactones) is 1. The van der Waals surface area contributed by atoms with E-state index >= 15 is 0 Å². The van der Waals surface area contributed by atoms with Crippen LogP contribution in [0.5, 0.6) is 0 Å². The van der Waals surface area contributed by atoms with Crippen LogP contribution in [0.25, 0.3) is 0 Å². The molecule has 0 spiro atoms. The van der Waals surface area contributed by atoms with Gasteiger partial charge >= 0.3 is 6.09 Å². The Hall–Kier alpha value is -0.260. The highest BCUT2D eigenvalue weighted by molar-refractivity contribution is 14.1. The molecule has 60 valence electrons. The number of nitrogens with zero attached hydrogens (tertiary/aromatic N) is 1. The van der Waals surface area contributed by atoms with Crippen molar-refractivity contribution in [2.45, 2.75) is 12.1 Å². The van der Waals surface area contributed by atoms with Gasteiger partial charge < -0.3 is 4.74 Å². The summed E-state index contributed by atoms with van der Waals surface area (Å²) in [5.74, 6) is 0. The average Bonchev–Trinajstić information content (AvgIpc) is 2.54. The van der Waals surface area contributed by atoms with Gasteiger partial charge in [0.15, 0.2) is 0 Å². The van der Waals surface area contributed by atoms with E-state index in [-0.39, 0.29) is 18.2 Å². The molecule has 4 heteroatoms. The van der Waals surface area contributed by atoms with E-state index < -0.39 is 0 Å². The minimum Gasteiger partial charge on any atom is -0.447 e. The van der Waals surface area contributed by atoms with E-state index in [0.29, 0.717) is 6.61 Å². The number of ether oxygens (including phenoxy) is 1. The molecule has 0 aromatic carbocycles. The van der Waals surface area contributed by atoms with Crippen LogP contribution in [0.15, 0.2) is 12.2 Å². The van der Waals surface area contributed by atoms with Gasteiger partial charge in [-0.3, -0.25) is 4.90 Å². The van der Waals surface area contributed by atoms with Crippen LogP contribution < -0.4 is 0 Å². The Labute approximate surface area is 78.5 Å². The van der Waals surface area contributed by atoms with Crippen LogP contribution in [-0.2, 0) is 4.74 Å². The predicted octanol–water partition coefficient (Wildman–Crippen LogP) is 1.18. The molecule has 1 saturated heterocycles. The summed E-state index contributed by atoms with van der Waals surface area (Å²) in [6, 6.07) is 0.470. The Kier molecular flexibility index (Phi) is 1.78. The average molecular weight is 265 g/mol. The molecule has 1 fully saturated rings. The highest BCUT2D eigenvalue weighted by Crippen LogP contribution is 2.24. The molecule has 0 unspecified atom stereocenters. The van der Waals surface area contributed by atoms with Crippen molar-refractivity contribution in [1.29, 1.82) is 0 Å². The van der Waals surface area contributed by atoms with Crippen molar-refractivity contribution in [2.75, 3.05) is 11.0 Å². The topological polar surface area (TPSA) is 29.5 Å². The number of rotatable bonds is 1. The van der Waals surface area contributed by atoms with E-state index in [9.17, 15) is 4.79 Å². The van der Waals surface area contributed by atoms with Gasteiger partial charge in [0.2, 0.25) is 0 Å². The summed E-state index contributed by atoms with van der Waals surface area (Å²) in [4.78, 5) is 12.9. The summed E-state index contributed by atoms with van der Waals surface area (Å²) in [5, 5.41) is 0. The molecule has 2 rings (SSSR count). The first-order valence-corrected chi connectivity index (χ1v) is 5.05. The minimum atomic E-state index is -0.165. The molecule has 0 radical (unpaired) electrons. The lowest BCUT2D eigenvalue weighted by atomic mass is 10.3. The molecule has 0 aromatic rings. The van der Waals surface area contributed by atoms with Crippen LogP contribution in [-0.4, -0.2) is 34.1 Å². The number of carbonyl (C=O) groups is 1. The molecule has 2 heterocycles. The molecule has 11 heavy (non-hydrogen) atoms. The second-order valence-corrected chi connectivity index (χ2v) is 3.54. The maximum Gasteiger partial charge on any atom is 0.410 e. The fraction of sp³-hybridized carbons (Fsp3) is 0.571. The molecular formula is C7H8INO2. The molecule has 0 aliphatic carbocycles.